The molecule has 1 aliphatic heterocycles. The van der Waals surface area contributed by atoms with Crippen molar-refractivity contribution in [2.45, 2.75) is 45.6 Å². The number of amides is 2. The van der Waals surface area contributed by atoms with Gasteiger partial charge in [-0.25, -0.2) is 0 Å². The normalized spacial score (nSPS) is 23.9. The fourth-order valence-electron chi connectivity index (χ4n) is 4.12. The van der Waals surface area contributed by atoms with Crippen LogP contribution in [0, 0.1) is 19.8 Å². The summed E-state index contributed by atoms with van der Waals surface area (Å²) in [5, 5.41) is 3.01. The number of rotatable bonds is 4. The average Bonchev–Trinajstić information content (AvgIpc) is 2.65. The molecule has 6 heteroatoms. The number of aryl methyl sites for hydroxylation is 1. The van der Waals surface area contributed by atoms with Gasteiger partial charge in [-0.1, -0.05) is 18.6 Å². The molecular weight excluding hydrogens is 340 g/mol. The average molecular weight is 373 g/mol. The van der Waals surface area contributed by atoms with Gasteiger partial charge in [-0.15, -0.1) is 0 Å². The number of benzene rings is 1. The van der Waals surface area contributed by atoms with E-state index in [9.17, 15) is 9.59 Å². The topological polar surface area (TPSA) is 78.7 Å². The zero-order valence-electron chi connectivity index (χ0n) is 16.5. The Hall–Kier alpha value is -1.92. The van der Waals surface area contributed by atoms with Crippen LogP contribution in [0.4, 0.5) is 5.69 Å². The van der Waals surface area contributed by atoms with Gasteiger partial charge >= 0.3 is 0 Å². The first-order valence-corrected chi connectivity index (χ1v) is 10.1. The Morgan fingerprint density at radius 2 is 1.89 bits per heavy atom. The number of carbonyl (C=O) groups is 2. The van der Waals surface area contributed by atoms with Crippen LogP contribution in [-0.2, 0) is 9.59 Å². The van der Waals surface area contributed by atoms with Gasteiger partial charge in [0.05, 0.1) is 6.54 Å². The number of nitrogens with one attached hydrogen (secondary N) is 1. The molecule has 2 atom stereocenters. The maximum absolute atomic E-state index is 12.7. The molecule has 1 saturated carbocycles. The Labute approximate surface area is 162 Å². The number of hydrogen-bond acceptors (Lipinski definition) is 4. The lowest BCUT2D eigenvalue weighted by molar-refractivity contribution is -0.138. The van der Waals surface area contributed by atoms with Crippen molar-refractivity contribution in [1.29, 1.82) is 0 Å². The van der Waals surface area contributed by atoms with E-state index in [1.54, 1.807) is 0 Å². The summed E-state index contributed by atoms with van der Waals surface area (Å²) in [5.41, 5.74) is 9.18. The molecule has 0 spiro atoms. The molecule has 0 bridgehead atoms. The minimum absolute atomic E-state index is 0.00160. The Morgan fingerprint density at radius 3 is 2.59 bits per heavy atom. The SMILES string of the molecule is Cc1cccc(NC(=O)CN2CCN(C(=O)C3CCCC(N)C3)CC2)c1C. The lowest BCUT2D eigenvalue weighted by Gasteiger charge is -2.37. The fourth-order valence-corrected chi connectivity index (χ4v) is 4.12. The molecule has 27 heavy (non-hydrogen) atoms. The van der Waals surface area contributed by atoms with E-state index < -0.39 is 0 Å². The van der Waals surface area contributed by atoms with Crippen LogP contribution in [-0.4, -0.2) is 60.4 Å². The second-order valence-corrected chi connectivity index (χ2v) is 8.02. The third-order valence-electron chi connectivity index (χ3n) is 5.99. The number of anilines is 1. The molecule has 6 nitrogen and oxygen atoms in total. The van der Waals surface area contributed by atoms with E-state index in [1.165, 1.54) is 5.56 Å². The van der Waals surface area contributed by atoms with Gasteiger partial charge in [0.25, 0.3) is 0 Å². The van der Waals surface area contributed by atoms with Crippen molar-refractivity contribution in [2.75, 3.05) is 38.0 Å². The van der Waals surface area contributed by atoms with E-state index in [1.807, 2.05) is 36.9 Å². The van der Waals surface area contributed by atoms with E-state index in [2.05, 4.69) is 10.2 Å². The molecule has 2 unspecified atom stereocenters. The molecule has 3 rings (SSSR count). The molecule has 1 aromatic carbocycles. The molecular formula is C21H32N4O2. The molecule has 1 heterocycles. The van der Waals surface area contributed by atoms with E-state index in [0.29, 0.717) is 19.6 Å². The molecule has 0 aromatic heterocycles. The summed E-state index contributed by atoms with van der Waals surface area (Å²) in [4.78, 5) is 29.2. The number of hydrogen-bond donors (Lipinski definition) is 2. The molecule has 0 radical (unpaired) electrons. The number of nitrogens with two attached hydrogens (primary N) is 1. The van der Waals surface area contributed by atoms with Crippen molar-refractivity contribution in [3.63, 3.8) is 0 Å². The van der Waals surface area contributed by atoms with Crippen molar-refractivity contribution >= 4 is 17.5 Å². The van der Waals surface area contributed by atoms with Crippen LogP contribution in [0.15, 0.2) is 18.2 Å². The lowest BCUT2D eigenvalue weighted by Crippen LogP contribution is -2.52. The smallest absolute Gasteiger partial charge is 0.238 e. The number of piperazine rings is 1. The highest BCUT2D eigenvalue weighted by Gasteiger charge is 2.31. The Bertz CT molecular complexity index is 683. The first-order chi connectivity index (χ1) is 12.9. The Balaban J connectivity index is 1.45. The van der Waals surface area contributed by atoms with Crippen molar-refractivity contribution in [1.82, 2.24) is 9.80 Å². The zero-order chi connectivity index (χ0) is 19.4. The van der Waals surface area contributed by atoms with Crippen LogP contribution in [0.3, 0.4) is 0 Å². The minimum atomic E-state index is 0.00160. The maximum atomic E-state index is 12.7. The van der Waals surface area contributed by atoms with Crippen LogP contribution >= 0.6 is 0 Å². The monoisotopic (exact) mass is 372 g/mol. The molecule has 2 amide bonds. The quantitative estimate of drug-likeness (QED) is 0.846. The van der Waals surface area contributed by atoms with Gasteiger partial charge in [-0.05, 0) is 50.3 Å². The van der Waals surface area contributed by atoms with Crippen LogP contribution in [0.25, 0.3) is 0 Å². The van der Waals surface area contributed by atoms with Gasteiger partial charge in [0.15, 0.2) is 0 Å². The zero-order valence-corrected chi connectivity index (χ0v) is 16.5. The molecule has 3 N–H and O–H groups in total. The highest BCUT2D eigenvalue weighted by atomic mass is 16.2. The van der Waals surface area contributed by atoms with Crippen molar-refractivity contribution in [3.05, 3.63) is 29.3 Å². The van der Waals surface area contributed by atoms with Crippen LogP contribution in [0.1, 0.15) is 36.8 Å². The van der Waals surface area contributed by atoms with Crippen molar-refractivity contribution in [3.8, 4) is 0 Å². The predicted molar refractivity (Wildman–Crippen MR) is 107 cm³/mol. The summed E-state index contributed by atoms with van der Waals surface area (Å²) in [6.07, 6.45) is 3.87. The van der Waals surface area contributed by atoms with Gasteiger partial charge in [-0.2, -0.15) is 0 Å². The first-order valence-electron chi connectivity index (χ1n) is 10.1. The standard InChI is InChI=1S/C21H32N4O2/c1-15-5-3-8-19(16(15)2)23-20(26)14-24-9-11-25(12-10-24)21(27)17-6-4-7-18(22)13-17/h3,5,8,17-18H,4,6-7,9-14,22H2,1-2H3,(H,23,26). The highest BCUT2D eigenvalue weighted by molar-refractivity contribution is 5.93. The lowest BCUT2D eigenvalue weighted by atomic mass is 9.85. The summed E-state index contributed by atoms with van der Waals surface area (Å²) in [6.45, 7) is 7.30. The molecule has 148 valence electrons. The molecule has 2 fully saturated rings. The first kappa shape index (κ1) is 19.8. The third-order valence-corrected chi connectivity index (χ3v) is 5.99. The third kappa shape index (κ3) is 5.08. The van der Waals surface area contributed by atoms with Crippen LogP contribution in [0.5, 0.6) is 0 Å². The number of nitrogens with zero attached hydrogens (tertiary/aromatic N) is 2. The van der Waals surface area contributed by atoms with E-state index in [-0.39, 0.29) is 23.8 Å². The largest absolute Gasteiger partial charge is 0.340 e. The van der Waals surface area contributed by atoms with Gasteiger partial charge in [0, 0.05) is 43.8 Å². The molecule has 2 aliphatic rings. The minimum Gasteiger partial charge on any atom is -0.340 e. The fraction of sp³-hybridized carbons (Fsp3) is 0.619. The summed E-state index contributed by atoms with van der Waals surface area (Å²) < 4.78 is 0. The van der Waals surface area contributed by atoms with E-state index >= 15 is 0 Å². The van der Waals surface area contributed by atoms with Gasteiger partial charge in [0.2, 0.25) is 11.8 Å². The summed E-state index contributed by atoms with van der Waals surface area (Å²) in [6, 6.07) is 6.11. The van der Waals surface area contributed by atoms with Crippen molar-refractivity contribution < 1.29 is 9.59 Å². The Kier molecular flexibility index (Phi) is 6.50. The predicted octanol–water partition coefficient (Wildman–Crippen LogP) is 1.90. The van der Waals surface area contributed by atoms with Crippen LogP contribution in [0.2, 0.25) is 0 Å². The van der Waals surface area contributed by atoms with Gasteiger partial charge in [-0.3, -0.25) is 14.5 Å². The van der Waals surface area contributed by atoms with Crippen LogP contribution < -0.4 is 11.1 Å². The molecule has 1 saturated heterocycles. The summed E-state index contributed by atoms with van der Waals surface area (Å²) >= 11 is 0. The second-order valence-electron chi connectivity index (χ2n) is 8.02. The Morgan fingerprint density at radius 1 is 1.15 bits per heavy atom. The molecule has 1 aliphatic carbocycles. The highest BCUT2D eigenvalue weighted by Crippen LogP contribution is 2.25. The molecule has 1 aromatic rings. The second kappa shape index (κ2) is 8.85. The van der Waals surface area contributed by atoms with E-state index in [4.69, 9.17) is 5.73 Å². The van der Waals surface area contributed by atoms with E-state index in [0.717, 1.165) is 50.0 Å². The summed E-state index contributed by atoms with van der Waals surface area (Å²) in [5.74, 6) is 0.347. The number of carbonyl (C=O) groups excluding carboxylic acids is 2. The van der Waals surface area contributed by atoms with Gasteiger partial charge in [0.1, 0.15) is 0 Å². The summed E-state index contributed by atoms with van der Waals surface area (Å²) in [7, 11) is 0. The maximum Gasteiger partial charge on any atom is 0.238 e. The van der Waals surface area contributed by atoms with Gasteiger partial charge < -0.3 is 16.0 Å². The van der Waals surface area contributed by atoms with Crippen molar-refractivity contribution in [2.24, 2.45) is 11.7 Å².